The molecule has 1 nitrogen and oxygen atoms in total. The molecule has 1 aromatic heterocycles. The van der Waals surface area contributed by atoms with E-state index in [0.29, 0.717) is 0 Å². The van der Waals surface area contributed by atoms with Crippen LogP contribution in [-0.2, 0) is 0 Å². The van der Waals surface area contributed by atoms with Crippen molar-refractivity contribution in [2.75, 3.05) is 7.05 Å². The van der Waals surface area contributed by atoms with Crippen LogP contribution < -0.4 is 5.32 Å². The van der Waals surface area contributed by atoms with Crippen molar-refractivity contribution >= 4 is 34.5 Å². The van der Waals surface area contributed by atoms with Gasteiger partial charge in [0.1, 0.15) is 0 Å². The molecule has 0 saturated carbocycles. The summed E-state index contributed by atoms with van der Waals surface area (Å²) in [7, 11) is 1.92. The zero-order chi connectivity index (χ0) is 12.4. The Labute approximate surface area is 115 Å². The van der Waals surface area contributed by atoms with Crippen molar-refractivity contribution in [2.24, 2.45) is 0 Å². The van der Waals surface area contributed by atoms with E-state index in [1.807, 2.05) is 25.2 Å². The van der Waals surface area contributed by atoms with Gasteiger partial charge < -0.3 is 5.32 Å². The number of nitrogens with one attached hydrogen (secondary N) is 1. The van der Waals surface area contributed by atoms with Crippen LogP contribution in [0.1, 0.15) is 18.5 Å². The summed E-state index contributed by atoms with van der Waals surface area (Å²) in [6.07, 6.45) is 0. The Kier molecular flexibility index (Phi) is 4.10. The molecular weight excluding hydrogens is 273 g/mol. The van der Waals surface area contributed by atoms with Crippen molar-refractivity contribution in [3.8, 4) is 10.4 Å². The van der Waals surface area contributed by atoms with E-state index in [0.717, 1.165) is 25.4 Å². The van der Waals surface area contributed by atoms with Crippen LogP contribution in [0.4, 0.5) is 0 Å². The number of rotatable bonds is 3. The fraction of sp³-hybridized carbons (Fsp3) is 0.231. The summed E-state index contributed by atoms with van der Waals surface area (Å²) in [4.78, 5) is 1.14. The first-order chi connectivity index (χ1) is 8.11. The third-order valence-electron chi connectivity index (χ3n) is 2.76. The molecule has 0 aliphatic rings. The lowest BCUT2D eigenvalue weighted by Gasteiger charge is -2.13. The maximum atomic E-state index is 6.29. The largest absolute Gasteiger partial charge is 0.313 e. The fourth-order valence-corrected chi connectivity index (χ4v) is 3.04. The third-order valence-corrected chi connectivity index (χ3v) is 4.37. The van der Waals surface area contributed by atoms with Gasteiger partial charge in [0, 0.05) is 15.9 Å². The molecule has 2 rings (SSSR count). The quantitative estimate of drug-likeness (QED) is 0.837. The van der Waals surface area contributed by atoms with Gasteiger partial charge in [-0.1, -0.05) is 35.3 Å². The predicted molar refractivity (Wildman–Crippen MR) is 77.2 cm³/mol. The van der Waals surface area contributed by atoms with Gasteiger partial charge >= 0.3 is 0 Å². The van der Waals surface area contributed by atoms with E-state index in [2.05, 4.69) is 24.4 Å². The zero-order valence-electron chi connectivity index (χ0n) is 9.63. The van der Waals surface area contributed by atoms with Gasteiger partial charge in [-0.25, -0.2) is 0 Å². The molecule has 0 radical (unpaired) electrons. The van der Waals surface area contributed by atoms with Gasteiger partial charge in [-0.15, -0.1) is 11.3 Å². The molecule has 0 fully saturated rings. The molecule has 17 heavy (non-hydrogen) atoms. The van der Waals surface area contributed by atoms with Gasteiger partial charge in [0.15, 0.2) is 0 Å². The van der Waals surface area contributed by atoms with Crippen LogP contribution in [0, 0.1) is 0 Å². The van der Waals surface area contributed by atoms with Crippen molar-refractivity contribution in [1.29, 1.82) is 0 Å². The van der Waals surface area contributed by atoms with Crippen molar-refractivity contribution in [1.82, 2.24) is 5.32 Å². The summed E-state index contributed by atoms with van der Waals surface area (Å²) < 4.78 is 0.795. The molecule has 0 aliphatic heterocycles. The fourth-order valence-electron chi connectivity index (χ4n) is 1.66. The minimum Gasteiger partial charge on any atom is -0.313 e. The first-order valence-corrected chi connectivity index (χ1v) is 6.91. The first kappa shape index (κ1) is 12.9. The van der Waals surface area contributed by atoms with Crippen LogP contribution >= 0.6 is 34.5 Å². The molecule has 0 aliphatic carbocycles. The molecule has 90 valence electrons. The average Bonchev–Trinajstić information content (AvgIpc) is 2.75. The second-order valence-corrected chi connectivity index (χ2v) is 5.97. The third kappa shape index (κ3) is 2.83. The highest BCUT2D eigenvalue weighted by Crippen LogP contribution is 2.34. The van der Waals surface area contributed by atoms with E-state index in [4.69, 9.17) is 23.2 Å². The van der Waals surface area contributed by atoms with E-state index in [1.165, 1.54) is 0 Å². The summed E-state index contributed by atoms with van der Waals surface area (Å²) in [5.74, 6) is 0. The average molecular weight is 286 g/mol. The summed E-state index contributed by atoms with van der Waals surface area (Å²) in [6.45, 7) is 2.09. The van der Waals surface area contributed by atoms with Gasteiger partial charge in [-0.3, -0.25) is 0 Å². The molecule has 1 atom stereocenters. The first-order valence-electron chi connectivity index (χ1n) is 5.34. The molecule has 1 aromatic carbocycles. The van der Waals surface area contributed by atoms with Crippen LogP contribution in [0.25, 0.3) is 10.4 Å². The molecule has 0 bridgehead atoms. The number of halogens is 2. The van der Waals surface area contributed by atoms with E-state index < -0.39 is 0 Å². The van der Waals surface area contributed by atoms with Crippen molar-refractivity contribution in [3.05, 3.63) is 45.3 Å². The second kappa shape index (κ2) is 5.40. The van der Waals surface area contributed by atoms with Gasteiger partial charge in [0.25, 0.3) is 0 Å². The number of benzene rings is 1. The molecule has 0 saturated heterocycles. The van der Waals surface area contributed by atoms with E-state index in [9.17, 15) is 0 Å². The van der Waals surface area contributed by atoms with Gasteiger partial charge in [0.2, 0.25) is 0 Å². The lowest BCUT2D eigenvalue weighted by atomic mass is 10.1. The molecule has 1 N–H and O–H groups in total. The Morgan fingerprint density at radius 2 is 1.94 bits per heavy atom. The van der Waals surface area contributed by atoms with Crippen LogP contribution in [0.15, 0.2) is 30.3 Å². The Hall–Kier alpha value is -0.540. The smallest absolute Gasteiger partial charge is 0.0934 e. The topological polar surface area (TPSA) is 12.0 Å². The summed E-state index contributed by atoms with van der Waals surface area (Å²) in [5, 5.41) is 3.97. The number of hydrogen-bond acceptors (Lipinski definition) is 2. The second-order valence-electron chi connectivity index (χ2n) is 3.85. The normalized spacial score (nSPS) is 12.7. The molecule has 0 spiro atoms. The maximum Gasteiger partial charge on any atom is 0.0934 e. The molecule has 1 heterocycles. The Morgan fingerprint density at radius 1 is 1.18 bits per heavy atom. The van der Waals surface area contributed by atoms with Crippen LogP contribution in [0.2, 0.25) is 9.36 Å². The molecule has 4 heteroatoms. The molecule has 1 unspecified atom stereocenters. The molecule has 2 aromatic rings. The highest BCUT2D eigenvalue weighted by molar-refractivity contribution is 7.19. The Balaban J connectivity index is 2.37. The molecular formula is C13H13Cl2NS. The monoisotopic (exact) mass is 285 g/mol. The minimum atomic E-state index is 0.253. The Morgan fingerprint density at radius 3 is 2.47 bits per heavy atom. The van der Waals surface area contributed by atoms with Crippen LogP contribution in [-0.4, -0.2) is 7.05 Å². The highest BCUT2D eigenvalue weighted by atomic mass is 35.5. The summed E-state index contributed by atoms with van der Waals surface area (Å²) in [5.41, 5.74) is 2.22. The number of hydrogen-bond donors (Lipinski definition) is 1. The zero-order valence-corrected chi connectivity index (χ0v) is 12.0. The van der Waals surface area contributed by atoms with Crippen LogP contribution in [0.3, 0.4) is 0 Å². The van der Waals surface area contributed by atoms with E-state index in [1.54, 1.807) is 11.3 Å². The predicted octanol–water partition coefficient (Wildman–Crippen LogP) is 5.00. The SMILES string of the molecule is CNC(C)c1ccc(-c2ccc(Cl)s2)cc1Cl. The van der Waals surface area contributed by atoms with E-state index in [-0.39, 0.29) is 6.04 Å². The lowest BCUT2D eigenvalue weighted by Crippen LogP contribution is -2.12. The van der Waals surface area contributed by atoms with E-state index >= 15 is 0 Å². The summed E-state index contributed by atoms with van der Waals surface area (Å²) in [6, 6.07) is 10.3. The van der Waals surface area contributed by atoms with Gasteiger partial charge in [-0.05, 0) is 43.3 Å². The van der Waals surface area contributed by atoms with Crippen LogP contribution in [0.5, 0.6) is 0 Å². The Bertz CT molecular complexity index is 522. The van der Waals surface area contributed by atoms with Crippen molar-refractivity contribution in [2.45, 2.75) is 13.0 Å². The maximum absolute atomic E-state index is 6.29. The highest BCUT2D eigenvalue weighted by Gasteiger charge is 2.09. The summed E-state index contributed by atoms with van der Waals surface area (Å²) >= 11 is 13.8. The lowest BCUT2D eigenvalue weighted by molar-refractivity contribution is 0.652. The molecule has 0 amide bonds. The van der Waals surface area contributed by atoms with Gasteiger partial charge in [-0.2, -0.15) is 0 Å². The number of thiophene rings is 1. The van der Waals surface area contributed by atoms with Crippen molar-refractivity contribution in [3.63, 3.8) is 0 Å². The minimum absolute atomic E-state index is 0.253. The standard InChI is InChI=1S/C13H13Cl2NS/c1-8(16-2)10-4-3-9(7-11(10)14)12-5-6-13(15)17-12/h3-8,16H,1-2H3. The van der Waals surface area contributed by atoms with Crippen molar-refractivity contribution < 1.29 is 0 Å². The van der Waals surface area contributed by atoms with Gasteiger partial charge in [0.05, 0.1) is 4.34 Å².